The zero-order valence-corrected chi connectivity index (χ0v) is 23.5. The van der Waals surface area contributed by atoms with E-state index in [1.165, 1.54) is 16.7 Å². The van der Waals surface area contributed by atoms with E-state index < -0.39 is 16.5 Å². The second kappa shape index (κ2) is 11.0. The molecule has 0 heterocycles. The van der Waals surface area contributed by atoms with Crippen molar-refractivity contribution in [2.75, 3.05) is 0 Å². The fourth-order valence-electron chi connectivity index (χ4n) is 2.41. The van der Waals surface area contributed by atoms with Gasteiger partial charge in [-0.3, -0.25) is 6.08 Å². The summed E-state index contributed by atoms with van der Waals surface area (Å²) in [5, 5.41) is 0. The third kappa shape index (κ3) is 12.7. The van der Waals surface area contributed by atoms with Crippen LogP contribution in [0.3, 0.4) is 0 Å². The van der Waals surface area contributed by atoms with Gasteiger partial charge >= 0.3 is 0 Å². The SMILES string of the molecule is CC1=[C-]C(C)(C)C(C)=C1C.C[Si](C)(C)[N-][Si](C)(C)C.Cl.Cl.[Hf]. The molecule has 1 aliphatic carbocycles. The number of halogens is 2. The third-order valence-electron chi connectivity index (χ3n) is 3.23. The Morgan fingerprint density at radius 1 is 0.818 bits per heavy atom. The minimum absolute atomic E-state index is 0. The van der Waals surface area contributed by atoms with Gasteiger partial charge in [0.15, 0.2) is 0 Å². The van der Waals surface area contributed by atoms with Crippen molar-refractivity contribution in [2.24, 2.45) is 5.41 Å². The van der Waals surface area contributed by atoms with E-state index in [4.69, 9.17) is 4.65 Å². The largest absolute Gasteiger partial charge is 0.668 e. The molecule has 22 heavy (non-hydrogen) atoms. The molecule has 132 valence electrons. The van der Waals surface area contributed by atoms with Gasteiger partial charge < -0.3 is 4.65 Å². The van der Waals surface area contributed by atoms with Gasteiger partial charge in [-0.1, -0.05) is 88.9 Å². The summed E-state index contributed by atoms with van der Waals surface area (Å²) in [6, 6.07) is 0. The van der Waals surface area contributed by atoms with Crippen LogP contribution in [0.15, 0.2) is 16.7 Å². The van der Waals surface area contributed by atoms with Crippen molar-refractivity contribution in [3.63, 3.8) is 0 Å². The van der Waals surface area contributed by atoms with Crippen molar-refractivity contribution in [2.45, 2.75) is 73.9 Å². The van der Waals surface area contributed by atoms with E-state index in [-0.39, 0.29) is 56.1 Å². The van der Waals surface area contributed by atoms with E-state index in [0.29, 0.717) is 0 Å². The molecule has 0 bridgehead atoms. The van der Waals surface area contributed by atoms with Gasteiger partial charge in [0.25, 0.3) is 0 Å². The van der Waals surface area contributed by atoms with Crippen molar-refractivity contribution in [1.29, 1.82) is 0 Å². The van der Waals surface area contributed by atoms with Crippen LogP contribution in [-0.2, 0) is 25.8 Å². The first-order valence-corrected chi connectivity index (χ1v) is 14.1. The van der Waals surface area contributed by atoms with Gasteiger partial charge in [0, 0.05) is 25.8 Å². The molecule has 0 unspecified atom stereocenters. The Labute approximate surface area is 173 Å². The molecule has 0 aliphatic heterocycles. The Bertz CT molecular complexity index is 380. The minimum Gasteiger partial charge on any atom is -0.668 e. The quantitative estimate of drug-likeness (QED) is 0.262. The van der Waals surface area contributed by atoms with Crippen LogP contribution < -0.4 is 0 Å². The molecule has 1 rings (SSSR count). The molecular weight excluding hydrogens is 512 g/mol. The van der Waals surface area contributed by atoms with Gasteiger partial charge in [0.2, 0.25) is 0 Å². The molecular formula is C16H35Cl2HfNSi2-2. The summed E-state index contributed by atoms with van der Waals surface area (Å²) >= 11 is 0. The maximum absolute atomic E-state index is 4.82. The average Bonchev–Trinajstić information content (AvgIpc) is 2.24. The van der Waals surface area contributed by atoms with Gasteiger partial charge in [-0.05, 0) is 0 Å². The van der Waals surface area contributed by atoms with Gasteiger partial charge in [0.1, 0.15) is 0 Å². The molecule has 0 aromatic rings. The standard InChI is InChI=1S/C10H15.C6H18NSi2.2ClH.Hf/c1-7-6-10(4,5)9(3)8(7)2;1-8(2,3)7-9(4,5)6;;;/h1-5H3;1-6H3;2*1H;/q2*-1;;;. The van der Waals surface area contributed by atoms with Gasteiger partial charge in [-0.2, -0.15) is 11.1 Å². The maximum atomic E-state index is 4.82. The van der Waals surface area contributed by atoms with Gasteiger partial charge in [-0.15, -0.1) is 31.7 Å². The molecule has 0 aromatic heterocycles. The van der Waals surface area contributed by atoms with Crippen LogP contribution in [0.5, 0.6) is 0 Å². The van der Waals surface area contributed by atoms with Crippen LogP contribution >= 0.6 is 24.8 Å². The number of nitrogens with zero attached hydrogens (tertiary/aromatic N) is 1. The molecule has 1 nitrogen and oxygen atoms in total. The van der Waals surface area contributed by atoms with E-state index in [0.717, 1.165) is 0 Å². The van der Waals surface area contributed by atoms with Crippen LogP contribution in [0.25, 0.3) is 4.65 Å². The fourth-order valence-corrected chi connectivity index (χ4v) is 10.5. The normalized spacial score (nSPS) is 16.4. The summed E-state index contributed by atoms with van der Waals surface area (Å²) in [6.07, 6.45) is 3.44. The molecule has 6 heteroatoms. The Morgan fingerprint density at radius 2 is 1.14 bits per heavy atom. The molecule has 0 N–H and O–H groups in total. The van der Waals surface area contributed by atoms with Crippen molar-refractivity contribution in [3.8, 4) is 0 Å². The monoisotopic (exact) mass is 547 g/mol. The summed E-state index contributed by atoms with van der Waals surface area (Å²) in [4.78, 5) is 0. The number of hydrogen-bond donors (Lipinski definition) is 0. The number of rotatable bonds is 2. The summed E-state index contributed by atoms with van der Waals surface area (Å²) in [6.45, 7) is 24.7. The van der Waals surface area contributed by atoms with E-state index in [1.54, 1.807) is 0 Å². The number of allylic oxidation sites excluding steroid dienone is 4. The molecule has 0 fully saturated rings. The van der Waals surface area contributed by atoms with Crippen LogP contribution in [0.1, 0.15) is 34.6 Å². The molecule has 0 saturated carbocycles. The van der Waals surface area contributed by atoms with Gasteiger partial charge in [-0.25, -0.2) is 5.57 Å². The first kappa shape index (κ1) is 31.1. The van der Waals surface area contributed by atoms with Crippen LogP contribution in [0.4, 0.5) is 0 Å². The Morgan fingerprint density at radius 3 is 1.18 bits per heavy atom. The summed E-state index contributed by atoms with van der Waals surface area (Å²) in [5.74, 6) is 0. The summed E-state index contributed by atoms with van der Waals surface area (Å²) in [7, 11) is -2.21. The van der Waals surface area contributed by atoms with Crippen molar-refractivity contribution >= 4 is 41.3 Å². The topological polar surface area (TPSA) is 14.1 Å². The molecule has 0 saturated heterocycles. The summed E-state index contributed by atoms with van der Waals surface area (Å²) in [5.41, 5.74) is 4.39. The van der Waals surface area contributed by atoms with Crippen LogP contribution in [0.2, 0.25) is 39.3 Å². The van der Waals surface area contributed by atoms with E-state index in [1.807, 2.05) is 0 Å². The van der Waals surface area contributed by atoms with Crippen molar-refractivity contribution in [1.82, 2.24) is 0 Å². The predicted octanol–water partition coefficient (Wildman–Crippen LogP) is 6.98. The minimum atomic E-state index is -1.11. The van der Waals surface area contributed by atoms with E-state index >= 15 is 0 Å². The second-order valence-electron chi connectivity index (χ2n) is 8.08. The van der Waals surface area contributed by atoms with Crippen molar-refractivity contribution in [3.05, 3.63) is 27.4 Å². The fraction of sp³-hybridized carbons (Fsp3) is 0.750. The Balaban J connectivity index is -0.000000130. The Hall–Kier alpha value is 1.32. The maximum Gasteiger partial charge on any atom is 0 e. The summed E-state index contributed by atoms with van der Waals surface area (Å²) < 4.78 is 4.82. The van der Waals surface area contributed by atoms with Gasteiger partial charge in [0.05, 0.1) is 0 Å². The predicted molar refractivity (Wildman–Crippen MR) is 109 cm³/mol. The zero-order valence-electron chi connectivity index (χ0n) is 16.3. The second-order valence-corrected chi connectivity index (χ2v) is 17.7. The zero-order chi connectivity index (χ0) is 15.6. The first-order chi connectivity index (χ1) is 8.16. The molecule has 0 radical (unpaired) electrons. The van der Waals surface area contributed by atoms with Crippen LogP contribution in [-0.4, -0.2) is 16.5 Å². The van der Waals surface area contributed by atoms with Crippen LogP contribution in [0, 0.1) is 11.5 Å². The molecule has 0 aromatic carbocycles. The smallest absolute Gasteiger partial charge is 0 e. The van der Waals surface area contributed by atoms with Crippen molar-refractivity contribution < 1.29 is 25.8 Å². The van der Waals surface area contributed by atoms with E-state index in [9.17, 15) is 0 Å². The molecule has 1 aliphatic rings. The third-order valence-corrected chi connectivity index (χ3v) is 8.60. The molecule has 0 amide bonds. The van der Waals surface area contributed by atoms with E-state index in [2.05, 4.69) is 80.0 Å². The first-order valence-electron chi connectivity index (χ1n) is 7.20. The molecule has 0 spiro atoms. The Kier molecular flexibility index (Phi) is 15.6. The average molecular weight is 547 g/mol. The molecule has 0 atom stereocenters. The number of hydrogen-bond acceptors (Lipinski definition) is 0.